The maximum atomic E-state index is 10.7. The van der Waals surface area contributed by atoms with Crippen LogP contribution in [-0.2, 0) is 6.54 Å². The molecule has 7 heteroatoms. The van der Waals surface area contributed by atoms with Gasteiger partial charge in [0, 0.05) is 13.1 Å². The average Bonchev–Trinajstić information content (AvgIpc) is 2.29. The summed E-state index contributed by atoms with van der Waals surface area (Å²) in [5, 5.41) is 13.7. The molecule has 0 saturated carbocycles. The number of hydrogen-bond donors (Lipinski definition) is 2. The Hall–Kier alpha value is -1.73. The van der Waals surface area contributed by atoms with Gasteiger partial charge in [0.2, 0.25) is 5.75 Å². The molecule has 0 fully saturated rings. The first-order valence-corrected chi connectivity index (χ1v) is 4.78. The number of nitrogens with one attached hydrogen (secondary N) is 1. The van der Waals surface area contributed by atoms with Crippen LogP contribution < -0.4 is 15.8 Å². The minimum absolute atomic E-state index is 0.160. The lowest BCUT2D eigenvalue weighted by Crippen LogP contribution is -2.22. The first-order valence-electron chi connectivity index (χ1n) is 4.78. The second-order valence-corrected chi connectivity index (χ2v) is 3.05. The van der Waals surface area contributed by atoms with Crippen LogP contribution in [0.15, 0.2) is 12.1 Å². The Kier molecular flexibility index (Phi) is 4.62. The predicted octanol–water partition coefficient (Wildman–Crippen LogP) is 0.0467. The fourth-order valence-electron chi connectivity index (χ4n) is 1.18. The first kappa shape index (κ1) is 12.3. The molecule has 0 aliphatic carbocycles. The van der Waals surface area contributed by atoms with Gasteiger partial charge in [-0.1, -0.05) is 0 Å². The largest absolute Gasteiger partial charge is 0.489 e. The number of nitrogens with zero attached hydrogens (tertiary/aromatic N) is 2. The Morgan fingerprint density at radius 3 is 2.94 bits per heavy atom. The summed E-state index contributed by atoms with van der Waals surface area (Å²) in [5.74, 6) is -0.109. The SMILES string of the molecule is COc1ccc(CNCCN)nc1[N+](=O)[O-]. The van der Waals surface area contributed by atoms with E-state index < -0.39 is 4.92 Å². The van der Waals surface area contributed by atoms with Crippen molar-refractivity contribution in [1.29, 1.82) is 0 Å². The second kappa shape index (κ2) is 5.99. The molecule has 16 heavy (non-hydrogen) atoms. The van der Waals surface area contributed by atoms with Crippen molar-refractivity contribution in [2.75, 3.05) is 20.2 Å². The molecular formula is C9H14N4O3. The van der Waals surface area contributed by atoms with Gasteiger partial charge in [-0.25, -0.2) is 0 Å². The van der Waals surface area contributed by atoms with Gasteiger partial charge in [0.05, 0.1) is 13.7 Å². The molecule has 0 bridgehead atoms. The molecule has 0 saturated heterocycles. The average molecular weight is 226 g/mol. The van der Waals surface area contributed by atoms with Crippen molar-refractivity contribution in [3.05, 3.63) is 27.9 Å². The van der Waals surface area contributed by atoms with Crippen molar-refractivity contribution < 1.29 is 9.66 Å². The molecule has 3 N–H and O–H groups in total. The number of aromatic nitrogens is 1. The van der Waals surface area contributed by atoms with Crippen molar-refractivity contribution in [2.45, 2.75) is 6.54 Å². The highest BCUT2D eigenvalue weighted by atomic mass is 16.6. The maximum absolute atomic E-state index is 10.7. The summed E-state index contributed by atoms with van der Waals surface area (Å²) in [5.41, 5.74) is 5.89. The Bertz CT molecular complexity index is 370. The van der Waals surface area contributed by atoms with Gasteiger partial charge in [-0.05, 0) is 22.0 Å². The summed E-state index contributed by atoms with van der Waals surface area (Å²) < 4.78 is 4.84. The molecule has 88 valence electrons. The van der Waals surface area contributed by atoms with Crippen LogP contribution in [-0.4, -0.2) is 30.1 Å². The number of hydrogen-bond acceptors (Lipinski definition) is 6. The molecule has 0 aliphatic rings. The molecule has 1 rings (SSSR count). The van der Waals surface area contributed by atoms with Crippen LogP contribution in [0.2, 0.25) is 0 Å². The van der Waals surface area contributed by atoms with Crippen LogP contribution in [0.4, 0.5) is 5.82 Å². The lowest BCUT2D eigenvalue weighted by molar-refractivity contribution is -0.390. The molecule has 1 aromatic heterocycles. The number of rotatable bonds is 6. The molecule has 0 atom stereocenters. The van der Waals surface area contributed by atoms with E-state index in [4.69, 9.17) is 10.5 Å². The van der Waals surface area contributed by atoms with Crippen molar-refractivity contribution in [3.8, 4) is 5.75 Å². The molecule has 0 aromatic carbocycles. The van der Waals surface area contributed by atoms with Crippen LogP contribution in [0.1, 0.15) is 5.69 Å². The third kappa shape index (κ3) is 3.14. The first-order chi connectivity index (χ1) is 7.69. The van der Waals surface area contributed by atoms with Gasteiger partial charge in [-0.2, -0.15) is 0 Å². The van der Waals surface area contributed by atoms with Crippen LogP contribution in [0, 0.1) is 10.1 Å². The van der Waals surface area contributed by atoms with Crippen LogP contribution in [0.5, 0.6) is 5.75 Å². The van der Waals surface area contributed by atoms with Crippen molar-refractivity contribution in [3.63, 3.8) is 0 Å². The Morgan fingerprint density at radius 2 is 2.38 bits per heavy atom. The van der Waals surface area contributed by atoms with E-state index in [9.17, 15) is 10.1 Å². The molecule has 0 amide bonds. The highest BCUT2D eigenvalue weighted by Crippen LogP contribution is 2.23. The molecule has 0 unspecified atom stereocenters. The highest BCUT2D eigenvalue weighted by molar-refractivity contribution is 5.40. The van der Waals surface area contributed by atoms with E-state index in [1.165, 1.54) is 13.2 Å². The van der Waals surface area contributed by atoms with Gasteiger partial charge in [0.15, 0.2) is 5.69 Å². The molecule has 1 aromatic rings. The smallest absolute Gasteiger partial charge is 0.406 e. The number of nitro groups is 1. The maximum Gasteiger partial charge on any atom is 0.406 e. The summed E-state index contributed by atoms with van der Waals surface area (Å²) in [4.78, 5) is 14.0. The third-order valence-electron chi connectivity index (χ3n) is 1.92. The van der Waals surface area contributed by atoms with Crippen molar-refractivity contribution in [2.24, 2.45) is 5.73 Å². The standard InChI is InChI=1S/C9H14N4O3/c1-16-8-3-2-7(6-11-5-4-10)12-9(8)13(14)15/h2-3,11H,4-6,10H2,1H3. The molecule has 0 radical (unpaired) electrons. The van der Waals surface area contributed by atoms with E-state index in [-0.39, 0.29) is 11.6 Å². The number of pyridine rings is 1. The number of ether oxygens (including phenoxy) is 1. The molecule has 0 spiro atoms. The number of nitrogens with two attached hydrogens (primary N) is 1. The minimum atomic E-state index is -0.564. The highest BCUT2D eigenvalue weighted by Gasteiger charge is 2.17. The summed E-state index contributed by atoms with van der Waals surface area (Å²) in [6.45, 7) is 1.60. The third-order valence-corrected chi connectivity index (χ3v) is 1.92. The van der Waals surface area contributed by atoms with Crippen molar-refractivity contribution >= 4 is 5.82 Å². The predicted molar refractivity (Wildman–Crippen MR) is 58.2 cm³/mol. The molecule has 0 aliphatic heterocycles. The van der Waals surface area contributed by atoms with Crippen LogP contribution in [0.25, 0.3) is 0 Å². The number of methoxy groups -OCH3 is 1. The second-order valence-electron chi connectivity index (χ2n) is 3.05. The summed E-state index contributed by atoms with van der Waals surface area (Å²) in [7, 11) is 1.37. The lowest BCUT2D eigenvalue weighted by Gasteiger charge is -2.03. The molecular weight excluding hydrogens is 212 g/mol. The zero-order valence-electron chi connectivity index (χ0n) is 8.97. The van der Waals surface area contributed by atoms with Crippen molar-refractivity contribution in [1.82, 2.24) is 10.3 Å². The summed E-state index contributed by atoms with van der Waals surface area (Å²) in [6, 6.07) is 3.21. The van der Waals surface area contributed by atoms with E-state index >= 15 is 0 Å². The summed E-state index contributed by atoms with van der Waals surface area (Å²) in [6.07, 6.45) is 0. The van der Waals surface area contributed by atoms with Gasteiger partial charge in [-0.3, -0.25) is 0 Å². The van der Waals surface area contributed by atoms with Gasteiger partial charge in [0.1, 0.15) is 0 Å². The minimum Gasteiger partial charge on any atom is -0.489 e. The Morgan fingerprint density at radius 1 is 1.62 bits per heavy atom. The monoisotopic (exact) mass is 226 g/mol. The fraction of sp³-hybridized carbons (Fsp3) is 0.444. The Labute approximate surface area is 92.8 Å². The summed E-state index contributed by atoms with van der Waals surface area (Å²) >= 11 is 0. The van der Waals surface area contributed by atoms with E-state index in [0.717, 1.165) is 0 Å². The van der Waals surface area contributed by atoms with Crippen LogP contribution in [0.3, 0.4) is 0 Å². The van der Waals surface area contributed by atoms with E-state index in [2.05, 4.69) is 10.3 Å². The van der Waals surface area contributed by atoms with Gasteiger partial charge in [0.25, 0.3) is 0 Å². The van der Waals surface area contributed by atoms with E-state index in [1.807, 2.05) is 0 Å². The quantitative estimate of drug-likeness (QED) is 0.403. The van der Waals surface area contributed by atoms with E-state index in [0.29, 0.717) is 25.3 Å². The van der Waals surface area contributed by atoms with Gasteiger partial charge in [-0.15, -0.1) is 0 Å². The van der Waals surface area contributed by atoms with Crippen LogP contribution >= 0.6 is 0 Å². The van der Waals surface area contributed by atoms with E-state index in [1.54, 1.807) is 6.07 Å². The molecule has 7 nitrogen and oxygen atoms in total. The topological polar surface area (TPSA) is 103 Å². The fourth-order valence-corrected chi connectivity index (χ4v) is 1.18. The Balaban J connectivity index is 2.81. The lowest BCUT2D eigenvalue weighted by atomic mass is 10.3. The zero-order chi connectivity index (χ0) is 12.0. The normalized spacial score (nSPS) is 10.1. The zero-order valence-corrected chi connectivity index (χ0v) is 8.97. The molecule has 1 heterocycles. The van der Waals surface area contributed by atoms with Gasteiger partial charge >= 0.3 is 5.82 Å². The van der Waals surface area contributed by atoms with Gasteiger partial charge < -0.3 is 25.9 Å².